The monoisotopic (exact) mass is 388 g/mol. The minimum atomic E-state index is -0.731. The van der Waals surface area contributed by atoms with Crippen LogP contribution in [0.2, 0.25) is 0 Å². The summed E-state index contributed by atoms with van der Waals surface area (Å²) in [6.07, 6.45) is 0.750. The van der Waals surface area contributed by atoms with E-state index >= 15 is 0 Å². The van der Waals surface area contributed by atoms with Crippen LogP contribution < -0.4 is 9.47 Å². The van der Waals surface area contributed by atoms with Gasteiger partial charge in [0, 0.05) is 4.47 Å². The molecule has 1 unspecified atom stereocenters. The normalized spacial score (nSPS) is 11.8. The lowest BCUT2D eigenvalue weighted by molar-refractivity contribution is -0.141. The Morgan fingerprint density at radius 2 is 1.75 bits per heavy atom. The van der Waals surface area contributed by atoms with Gasteiger partial charge in [0.25, 0.3) is 0 Å². The predicted molar refractivity (Wildman–Crippen MR) is 89.0 cm³/mol. The van der Waals surface area contributed by atoms with Crippen LogP contribution >= 0.6 is 15.9 Å². The summed E-state index contributed by atoms with van der Waals surface area (Å²) in [4.78, 5) is 12.1. The standard InChI is InChI=1S/C16H13BrN4O3/c1-11(23-14-6-2-12(17)3-7-14)16(22)24-15-8-4-13(5-9-15)21-10-18-19-20-21/h2-11H,1H3. The van der Waals surface area contributed by atoms with Crippen molar-refractivity contribution in [2.75, 3.05) is 0 Å². The van der Waals surface area contributed by atoms with Crippen molar-refractivity contribution >= 4 is 21.9 Å². The number of rotatable bonds is 5. The Hall–Kier alpha value is -2.74. The van der Waals surface area contributed by atoms with Crippen molar-refractivity contribution in [1.82, 2.24) is 20.2 Å². The molecule has 7 nitrogen and oxygen atoms in total. The number of carbonyl (C=O) groups is 1. The summed E-state index contributed by atoms with van der Waals surface area (Å²) >= 11 is 3.34. The Bertz CT molecular complexity index is 804. The molecule has 0 aliphatic carbocycles. The number of nitrogens with zero attached hydrogens (tertiary/aromatic N) is 4. The van der Waals surface area contributed by atoms with Crippen LogP contribution in [0.5, 0.6) is 11.5 Å². The molecular formula is C16H13BrN4O3. The Balaban J connectivity index is 1.60. The van der Waals surface area contributed by atoms with E-state index in [0.717, 1.165) is 10.2 Å². The molecular weight excluding hydrogens is 376 g/mol. The van der Waals surface area contributed by atoms with Gasteiger partial charge in [-0.1, -0.05) is 15.9 Å². The molecule has 8 heteroatoms. The fraction of sp³-hybridized carbons (Fsp3) is 0.125. The average Bonchev–Trinajstić information content (AvgIpc) is 3.12. The zero-order valence-electron chi connectivity index (χ0n) is 12.7. The molecule has 1 heterocycles. The van der Waals surface area contributed by atoms with E-state index in [0.29, 0.717) is 11.5 Å². The number of halogens is 1. The Morgan fingerprint density at radius 3 is 2.38 bits per heavy atom. The lowest BCUT2D eigenvalue weighted by Crippen LogP contribution is -2.28. The van der Waals surface area contributed by atoms with E-state index in [1.165, 1.54) is 11.0 Å². The smallest absolute Gasteiger partial charge is 0.352 e. The van der Waals surface area contributed by atoms with Crippen LogP contribution in [-0.2, 0) is 4.79 Å². The molecule has 0 radical (unpaired) electrons. The second kappa shape index (κ2) is 7.22. The van der Waals surface area contributed by atoms with E-state index in [2.05, 4.69) is 31.5 Å². The van der Waals surface area contributed by atoms with E-state index in [1.54, 1.807) is 43.3 Å². The zero-order valence-corrected chi connectivity index (χ0v) is 14.3. The van der Waals surface area contributed by atoms with Gasteiger partial charge in [0.1, 0.15) is 17.8 Å². The molecule has 0 saturated heterocycles. The number of benzene rings is 2. The van der Waals surface area contributed by atoms with Gasteiger partial charge in [0.15, 0.2) is 6.10 Å². The van der Waals surface area contributed by atoms with Gasteiger partial charge in [0.2, 0.25) is 0 Å². The summed E-state index contributed by atoms with van der Waals surface area (Å²) in [6, 6.07) is 14.1. The molecule has 0 fully saturated rings. The first kappa shape index (κ1) is 16.1. The lowest BCUT2D eigenvalue weighted by Gasteiger charge is -2.14. The summed E-state index contributed by atoms with van der Waals surface area (Å²) in [7, 11) is 0. The summed E-state index contributed by atoms with van der Waals surface area (Å²) < 4.78 is 13.3. The maximum atomic E-state index is 12.1. The number of tetrazole rings is 1. The van der Waals surface area contributed by atoms with Crippen LogP contribution in [0.25, 0.3) is 5.69 Å². The molecule has 1 aromatic heterocycles. The van der Waals surface area contributed by atoms with Gasteiger partial charge >= 0.3 is 5.97 Å². The molecule has 0 amide bonds. The highest BCUT2D eigenvalue weighted by Gasteiger charge is 2.17. The molecule has 0 aliphatic rings. The van der Waals surface area contributed by atoms with Crippen molar-refractivity contribution in [1.29, 1.82) is 0 Å². The number of esters is 1. The lowest BCUT2D eigenvalue weighted by atomic mass is 10.3. The van der Waals surface area contributed by atoms with Crippen LogP contribution in [0.1, 0.15) is 6.92 Å². The van der Waals surface area contributed by atoms with Crippen molar-refractivity contribution in [2.45, 2.75) is 13.0 Å². The maximum absolute atomic E-state index is 12.1. The highest BCUT2D eigenvalue weighted by Crippen LogP contribution is 2.19. The van der Waals surface area contributed by atoms with Gasteiger partial charge in [-0.05, 0) is 65.9 Å². The maximum Gasteiger partial charge on any atom is 0.352 e. The van der Waals surface area contributed by atoms with E-state index < -0.39 is 12.1 Å². The highest BCUT2D eigenvalue weighted by molar-refractivity contribution is 9.10. The van der Waals surface area contributed by atoms with Crippen molar-refractivity contribution in [3.63, 3.8) is 0 Å². The third-order valence-electron chi connectivity index (χ3n) is 3.13. The van der Waals surface area contributed by atoms with Gasteiger partial charge in [-0.3, -0.25) is 0 Å². The minimum Gasteiger partial charge on any atom is -0.479 e. The summed E-state index contributed by atoms with van der Waals surface area (Å²) in [6.45, 7) is 1.64. The molecule has 0 saturated carbocycles. The van der Waals surface area contributed by atoms with E-state index in [4.69, 9.17) is 9.47 Å². The molecule has 24 heavy (non-hydrogen) atoms. The van der Waals surface area contributed by atoms with Crippen molar-refractivity contribution in [3.8, 4) is 17.2 Å². The zero-order chi connectivity index (χ0) is 16.9. The number of hydrogen-bond acceptors (Lipinski definition) is 6. The van der Waals surface area contributed by atoms with Gasteiger partial charge in [-0.2, -0.15) is 0 Å². The predicted octanol–water partition coefficient (Wildman–Crippen LogP) is 2.80. The number of carbonyl (C=O) groups excluding carboxylic acids is 1. The molecule has 0 bridgehead atoms. The third kappa shape index (κ3) is 3.96. The largest absolute Gasteiger partial charge is 0.479 e. The van der Waals surface area contributed by atoms with Gasteiger partial charge in [0.05, 0.1) is 5.69 Å². The molecule has 3 rings (SSSR count). The van der Waals surface area contributed by atoms with Gasteiger partial charge in [-0.15, -0.1) is 5.10 Å². The molecule has 2 aromatic carbocycles. The number of hydrogen-bond donors (Lipinski definition) is 0. The quantitative estimate of drug-likeness (QED) is 0.493. The second-order valence-electron chi connectivity index (χ2n) is 4.88. The van der Waals surface area contributed by atoms with Gasteiger partial charge < -0.3 is 9.47 Å². The molecule has 122 valence electrons. The molecule has 3 aromatic rings. The van der Waals surface area contributed by atoms with E-state index in [9.17, 15) is 4.79 Å². The minimum absolute atomic E-state index is 0.420. The third-order valence-corrected chi connectivity index (χ3v) is 3.66. The fourth-order valence-electron chi connectivity index (χ4n) is 1.91. The van der Waals surface area contributed by atoms with Crippen LogP contribution in [-0.4, -0.2) is 32.3 Å². The second-order valence-corrected chi connectivity index (χ2v) is 5.80. The highest BCUT2D eigenvalue weighted by atomic mass is 79.9. The summed E-state index contributed by atoms with van der Waals surface area (Å²) in [5, 5.41) is 10.9. The van der Waals surface area contributed by atoms with Crippen LogP contribution in [0, 0.1) is 0 Å². The topological polar surface area (TPSA) is 79.1 Å². The van der Waals surface area contributed by atoms with E-state index in [1.807, 2.05) is 12.1 Å². The Kier molecular flexibility index (Phi) is 4.85. The van der Waals surface area contributed by atoms with Gasteiger partial charge in [-0.25, -0.2) is 9.48 Å². The van der Waals surface area contributed by atoms with Crippen molar-refractivity contribution < 1.29 is 14.3 Å². The van der Waals surface area contributed by atoms with Crippen molar-refractivity contribution in [3.05, 3.63) is 59.3 Å². The Morgan fingerprint density at radius 1 is 1.08 bits per heavy atom. The SMILES string of the molecule is CC(Oc1ccc(Br)cc1)C(=O)Oc1ccc(-n2cnnn2)cc1. The first-order valence-electron chi connectivity index (χ1n) is 7.09. The molecule has 0 N–H and O–H groups in total. The first-order valence-corrected chi connectivity index (χ1v) is 7.88. The van der Waals surface area contributed by atoms with E-state index in [-0.39, 0.29) is 0 Å². The summed E-state index contributed by atoms with van der Waals surface area (Å²) in [5.74, 6) is 0.535. The van der Waals surface area contributed by atoms with Crippen molar-refractivity contribution in [2.24, 2.45) is 0 Å². The number of aromatic nitrogens is 4. The first-order chi connectivity index (χ1) is 11.6. The Labute approximate surface area is 146 Å². The fourth-order valence-corrected chi connectivity index (χ4v) is 2.18. The molecule has 1 atom stereocenters. The summed E-state index contributed by atoms with van der Waals surface area (Å²) in [5.41, 5.74) is 0.763. The average molecular weight is 389 g/mol. The molecule has 0 spiro atoms. The molecule has 0 aliphatic heterocycles. The van der Waals surface area contributed by atoms with Crippen LogP contribution in [0.4, 0.5) is 0 Å². The van der Waals surface area contributed by atoms with Crippen LogP contribution in [0.15, 0.2) is 59.3 Å². The van der Waals surface area contributed by atoms with Crippen LogP contribution in [0.3, 0.4) is 0 Å². The number of ether oxygens (including phenoxy) is 2.